The highest BCUT2D eigenvalue weighted by molar-refractivity contribution is 8.04. The Morgan fingerprint density at radius 2 is 1.88 bits per heavy atom. The van der Waals surface area contributed by atoms with Crippen LogP contribution >= 0.6 is 11.8 Å². The SMILES string of the molecule is CC.CC.CC1CCCC2(C)C([C@H](C)C/C=C(\F)SC(C)(C)C)=CCC12. The van der Waals surface area contributed by atoms with Crippen LogP contribution in [0.2, 0.25) is 0 Å². The molecular formula is C24H45FS. The molecule has 0 heterocycles. The van der Waals surface area contributed by atoms with E-state index in [2.05, 4.69) is 47.6 Å². The minimum Gasteiger partial charge on any atom is -0.200 e. The van der Waals surface area contributed by atoms with Gasteiger partial charge in [-0.15, -0.1) is 0 Å². The third-order valence-corrected chi connectivity index (χ3v) is 6.65. The van der Waals surface area contributed by atoms with E-state index in [0.717, 1.165) is 18.3 Å². The predicted octanol–water partition coefficient (Wildman–Crippen LogP) is 9.18. The van der Waals surface area contributed by atoms with Gasteiger partial charge in [-0.1, -0.05) is 105 Å². The summed E-state index contributed by atoms with van der Waals surface area (Å²) in [5, 5.41) is -0.0170. The van der Waals surface area contributed by atoms with Gasteiger partial charge in [-0.05, 0) is 48.5 Å². The second-order valence-corrected chi connectivity index (χ2v) is 10.5. The van der Waals surface area contributed by atoms with E-state index in [1.54, 1.807) is 5.57 Å². The molecule has 2 aliphatic carbocycles. The lowest BCUT2D eigenvalue weighted by atomic mass is 9.60. The predicted molar refractivity (Wildman–Crippen MR) is 120 cm³/mol. The highest BCUT2D eigenvalue weighted by atomic mass is 32.2. The molecule has 26 heavy (non-hydrogen) atoms. The Balaban J connectivity index is 0.00000146. The summed E-state index contributed by atoms with van der Waals surface area (Å²) >= 11 is 1.34. The quantitative estimate of drug-likeness (QED) is 0.435. The maximum Gasteiger partial charge on any atom is 0.153 e. The molecule has 2 heteroatoms. The summed E-state index contributed by atoms with van der Waals surface area (Å²) in [6, 6.07) is 0. The molecule has 0 nitrogen and oxygen atoms in total. The van der Waals surface area contributed by atoms with Gasteiger partial charge in [0.05, 0.1) is 0 Å². The zero-order chi connectivity index (χ0) is 20.5. The van der Waals surface area contributed by atoms with Crippen molar-refractivity contribution in [1.82, 2.24) is 0 Å². The molecule has 154 valence electrons. The highest BCUT2D eigenvalue weighted by Gasteiger charge is 2.46. The molecule has 0 saturated heterocycles. The van der Waals surface area contributed by atoms with Crippen LogP contribution < -0.4 is 0 Å². The van der Waals surface area contributed by atoms with Crippen molar-refractivity contribution in [2.45, 2.75) is 106 Å². The molecule has 0 amide bonds. The fraction of sp³-hybridized carbons (Fsp3) is 0.833. The number of halogens is 1. The summed E-state index contributed by atoms with van der Waals surface area (Å²) < 4.78 is 14.0. The lowest BCUT2D eigenvalue weighted by Crippen LogP contribution is -2.35. The van der Waals surface area contributed by atoms with Crippen molar-refractivity contribution in [1.29, 1.82) is 0 Å². The average Bonchev–Trinajstić information content (AvgIpc) is 2.93. The topological polar surface area (TPSA) is 0 Å². The van der Waals surface area contributed by atoms with E-state index in [1.807, 2.05) is 33.8 Å². The van der Waals surface area contributed by atoms with E-state index in [0.29, 0.717) is 11.3 Å². The number of fused-ring (bicyclic) bond motifs is 1. The molecule has 0 aliphatic heterocycles. The lowest BCUT2D eigenvalue weighted by Gasteiger charge is -2.44. The maximum atomic E-state index is 14.0. The molecule has 4 atom stereocenters. The largest absolute Gasteiger partial charge is 0.200 e. The Kier molecular flexibility index (Phi) is 11.5. The lowest BCUT2D eigenvalue weighted by molar-refractivity contribution is 0.111. The summed E-state index contributed by atoms with van der Waals surface area (Å²) in [6.45, 7) is 21.3. The van der Waals surface area contributed by atoms with Crippen LogP contribution in [0.15, 0.2) is 22.9 Å². The molecule has 0 N–H and O–H groups in total. The van der Waals surface area contributed by atoms with Crippen LogP contribution in [0.4, 0.5) is 4.39 Å². The minimum absolute atomic E-state index is 0.0170. The Hall–Kier alpha value is -0.240. The van der Waals surface area contributed by atoms with Crippen LogP contribution in [-0.4, -0.2) is 4.75 Å². The molecule has 1 fully saturated rings. The summed E-state index contributed by atoms with van der Waals surface area (Å²) in [6.07, 6.45) is 10.4. The van der Waals surface area contributed by atoms with Gasteiger partial charge in [-0.3, -0.25) is 0 Å². The summed E-state index contributed by atoms with van der Waals surface area (Å²) in [5.41, 5.74) is 1.98. The van der Waals surface area contributed by atoms with Crippen molar-refractivity contribution in [3.05, 3.63) is 22.9 Å². The second-order valence-electron chi connectivity index (χ2n) is 8.65. The van der Waals surface area contributed by atoms with Gasteiger partial charge in [0.2, 0.25) is 0 Å². The molecule has 1 saturated carbocycles. The van der Waals surface area contributed by atoms with Gasteiger partial charge in [0.25, 0.3) is 0 Å². The van der Waals surface area contributed by atoms with Gasteiger partial charge in [0.1, 0.15) is 0 Å². The van der Waals surface area contributed by atoms with Gasteiger partial charge < -0.3 is 0 Å². The van der Waals surface area contributed by atoms with Gasteiger partial charge in [-0.2, -0.15) is 4.39 Å². The van der Waals surface area contributed by atoms with E-state index in [-0.39, 0.29) is 9.91 Å². The fourth-order valence-corrected chi connectivity index (χ4v) is 5.40. The normalized spacial score (nSPS) is 29.5. The van der Waals surface area contributed by atoms with E-state index in [4.69, 9.17) is 0 Å². The molecule has 0 bridgehead atoms. The molecule has 2 rings (SSSR count). The van der Waals surface area contributed by atoms with Gasteiger partial charge in [0, 0.05) is 4.75 Å². The first-order valence-corrected chi connectivity index (χ1v) is 11.7. The van der Waals surface area contributed by atoms with Crippen LogP contribution in [0.25, 0.3) is 0 Å². The van der Waals surface area contributed by atoms with Gasteiger partial charge in [0.15, 0.2) is 5.16 Å². The monoisotopic (exact) mass is 384 g/mol. The standard InChI is InChI=1S/C20H33FS.2C2H6/c1-14-8-7-13-20(6)16(14)10-11-17(20)15(2)9-12-18(21)22-19(3,4)5;2*1-2/h11-12,14-16H,7-10,13H2,1-6H3;2*1-2H3/b18-12+;;/t14?,15-,16?,20?;;/m1../s1. The Morgan fingerprint density at radius 1 is 1.31 bits per heavy atom. The van der Waals surface area contributed by atoms with Crippen molar-refractivity contribution in [2.24, 2.45) is 23.2 Å². The van der Waals surface area contributed by atoms with Crippen LogP contribution in [-0.2, 0) is 0 Å². The molecule has 0 radical (unpaired) electrons. The van der Waals surface area contributed by atoms with Crippen LogP contribution in [0.1, 0.15) is 101 Å². The van der Waals surface area contributed by atoms with E-state index >= 15 is 0 Å². The Morgan fingerprint density at radius 3 is 2.42 bits per heavy atom. The first-order chi connectivity index (χ1) is 12.1. The number of hydrogen-bond acceptors (Lipinski definition) is 1. The van der Waals surface area contributed by atoms with Gasteiger partial charge >= 0.3 is 0 Å². The third-order valence-electron chi connectivity index (χ3n) is 5.68. The number of rotatable bonds is 4. The van der Waals surface area contributed by atoms with Crippen molar-refractivity contribution in [3.63, 3.8) is 0 Å². The molecule has 2 aliphatic rings. The highest BCUT2D eigenvalue weighted by Crippen LogP contribution is 2.56. The van der Waals surface area contributed by atoms with Crippen LogP contribution in [0.3, 0.4) is 0 Å². The van der Waals surface area contributed by atoms with Crippen molar-refractivity contribution in [2.75, 3.05) is 0 Å². The van der Waals surface area contributed by atoms with Crippen molar-refractivity contribution < 1.29 is 4.39 Å². The molecule has 0 aromatic rings. The average molecular weight is 385 g/mol. The maximum absolute atomic E-state index is 14.0. The minimum atomic E-state index is -0.0493. The second kappa shape index (κ2) is 11.6. The number of thioether (sulfide) groups is 1. The number of allylic oxidation sites excluding steroid dienone is 3. The molecule has 0 aromatic heterocycles. The molecule has 0 aromatic carbocycles. The van der Waals surface area contributed by atoms with Crippen LogP contribution in [0.5, 0.6) is 0 Å². The van der Waals surface area contributed by atoms with Crippen molar-refractivity contribution in [3.8, 4) is 0 Å². The van der Waals surface area contributed by atoms with Crippen LogP contribution in [0, 0.1) is 23.2 Å². The van der Waals surface area contributed by atoms with Gasteiger partial charge in [-0.25, -0.2) is 0 Å². The molecule has 0 spiro atoms. The summed E-state index contributed by atoms with van der Waals surface area (Å²) in [7, 11) is 0. The third kappa shape index (κ3) is 7.06. The van der Waals surface area contributed by atoms with E-state index in [1.165, 1.54) is 37.4 Å². The fourth-order valence-electron chi connectivity index (χ4n) is 4.64. The molecular weight excluding hydrogens is 339 g/mol. The van der Waals surface area contributed by atoms with Crippen molar-refractivity contribution >= 4 is 11.8 Å². The first-order valence-electron chi connectivity index (χ1n) is 10.9. The summed E-state index contributed by atoms with van der Waals surface area (Å²) in [4.78, 5) is 0. The Bertz CT molecular complexity index is 457. The number of hydrogen-bond donors (Lipinski definition) is 0. The smallest absolute Gasteiger partial charge is 0.153 e. The van der Waals surface area contributed by atoms with E-state index < -0.39 is 0 Å². The molecule has 3 unspecified atom stereocenters. The Labute approximate surface area is 168 Å². The summed E-state index contributed by atoms with van der Waals surface area (Å²) in [5.74, 6) is 2.12. The first kappa shape index (κ1) is 25.8. The zero-order valence-electron chi connectivity index (χ0n) is 19.2. The zero-order valence-corrected chi connectivity index (χ0v) is 20.0. The van der Waals surface area contributed by atoms with E-state index in [9.17, 15) is 4.39 Å².